The van der Waals surface area contributed by atoms with E-state index in [-0.39, 0.29) is 19.6 Å². The van der Waals surface area contributed by atoms with Gasteiger partial charge < -0.3 is 64.2 Å². The van der Waals surface area contributed by atoms with Gasteiger partial charge in [-0.2, -0.15) is 0 Å². The molecule has 14 heteroatoms. The molecule has 2 rings (SSSR count). The van der Waals surface area contributed by atoms with Gasteiger partial charge in [0.1, 0.15) is 54.9 Å². The zero-order valence-electron chi connectivity index (χ0n) is 46.3. The molecule has 0 saturated carbocycles. The molecule has 0 amide bonds. The van der Waals surface area contributed by atoms with E-state index < -0.39 is 86.7 Å². The first-order valence-electron chi connectivity index (χ1n) is 29.2. The van der Waals surface area contributed by atoms with E-state index in [1.54, 1.807) is 0 Å². The number of esters is 1. The summed E-state index contributed by atoms with van der Waals surface area (Å²) in [7, 11) is 0. The number of aliphatic hydroxyl groups is 7. The molecule has 11 atom stereocenters. The zero-order chi connectivity index (χ0) is 54.4. The lowest BCUT2D eigenvalue weighted by atomic mass is 9.98. The molecule has 14 nitrogen and oxygen atoms in total. The Balaban J connectivity index is 1.73. The molecule has 2 saturated heterocycles. The van der Waals surface area contributed by atoms with Gasteiger partial charge in [0.15, 0.2) is 12.6 Å². The van der Waals surface area contributed by atoms with Crippen molar-refractivity contribution in [1.29, 1.82) is 0 Å². The first-order valence-corrected chi connectivity index (χ1v) is 29.2. The van der Waals surface area contributed by atoms with E-state index in [1.807, 2.05) is 0 Å². The van der Waals surface area contributed by atoms with Gasteiger partial charge in [0.25, 0.3) is 0 Å². The molecule has 0 aromatic rings. The fraction of sp³-hybridized carbons (Fsp3) is 0.754. The summed E-state index contributed by atoms with van der Waals surface area (Å²) < 4.78 is 34.4. The Hall–Kier alpha value is -2.83. The van der Waals surface area contributed by atoms with Gasteiger partial charge in [-0.05, 0) is 89.9 Å². The molecule has 432 valence electrons. The number of hydrogen-bond donors (Lipinski definition) is 7. The Morgan fingerprint density at radius 3 is 1.37 bits per heavy atom. The number of ether oxygens (including phenoxy) is 6. The Morgan fingerprint density at radius 1 is 0.453 bits per heavy atom. The molecule has 7 N–H and O–H groups in total. The first kappa shape index (κ1) is 68.3. The molecule has 2 fully saturated rings. The first-order chi connectivity index (χ1) is 36.6. The second kappa shape index (κ2) is 47.2. The van der Waals surface area contributed by atoms with E-state index in [9.17, 15) is 40.5 Å². The summed E-state index contributed by atoms with van der Waals surface area (Å²) in [5, 5.41) is 72.3. The minimum absolute atomic E-state index is 0.0420. The van der Waals surface area contributed by atoms with Crippen LogP contribution in [-0.2, 0) is 33.2 Å². The lowest BCUT2D eigenvalue weighted by Gasteiger charge is -2.42. The minimum Gasteiger partial charge on any atom is -0.457 e. The van der Waals surface area contributed by atoms with Gasteiger partial charge in [-0.15, -0.1) is 0 Å². The van der Waals surface area contributed by atoms with E-state index >= 15 is 0 Å². The summed E-state index contributed by atoms with van der Waals surface area (Å²) in [4.78, 5) is 13.1. The highest BCUT2D eigenvalue weighted by molar-refractivity contribution is 5.69. The average Bonchev–Trinajstić information content (AvgIpc) is 3.41. The van der Waals surface area contributed by atoms with Crippen LogP contribution in [0.2, 0.25) is 0 Å². The summed E-state index contributed by atoms with van der Waals surface area (Å²) >= 11 is 0. The third-order valence-electron chi connectivity index (χ3n) is 13.4. The molecule has 2 heterocycles. The lowest BCUT2D eigenvalue weighted by Crippen LogP contribution is -2.61. The van der Waals surface area contributed by atoms with Gasteiger partial charge >= 0.3 is 5.97 Å². The van der Waals surface area contributed by atoms with Gasteiger partial charge in [0.2, 0.25) is 0 Å². The van der Waals surface area contributed by atoms with Crippen LogP contribution in [0, 0.1) is 0 Å². The number of carbonyl (C=O) groups excluding carboxylic acids is 1. The number of rotatable bonds is 46. The van der Waals surface area contributed by atoms with Crippen molar-refractivity contribution in [1.82, 2.24) is 0 Å². The predicted molar refractivity (Wildman–Crippen MR) is 298 cm³/mol. The lowest BCUT2D eigenvalue weighted by molar-refractivity contribution is -0.332. The fourth-order valence-corrected chi connectivity index (χ4v) is 8.69. The van der Waals surface area contributed by atoms with E-state index in [0.29, 0.717) is 13.0 Å². The maximum Gasteiger partial charge on any atom is 0.306 e. The van der Waals surface area contributed by atoms with Crippen molar-refractivity contribution in [3.05, 3.63) is 85.1 Å². The van der Waals surface area contributed by atoms with Gasteiger partial charge in [0, 0.05) is 13.0 Å². The van der Waals surface area contributed by atoms with Crippen molar-refractivity contribution >= 4 is 5.97 Å². The fourth-order valence-electron chi connectivity index (χ4n) is 8.69. The maximum atomic E-state index is 13.1. The van der Waals surface area contributed by atoms with Crippen LogP contribution in [0.15, 0.2) is 85.1 Å². The van der Waals surface area contributed by atoms with Crippen molar-refractivity contribution in [3.63, 3.8) is 0 Å². The van der Waals surface area contributed by atoms with Crippen LogP contribution in [0.25, 0.3) is 0 Å². The van der Waals surface area contributed by atoms with Crippen LogP contribution in [0.5, 0.6) is 0 Å². The van der Waals surface area contributed by atoms with Gasteiger partial charge in [0.05, 0.1) is 26.4 Å². The van der Waals surface area contributed by atoms with Crippen LogP contribution in [-0.4, -0.2) is 142 Å². The molecule has 0 spiro atoms. The number of hydrogen-bond acceptors (Lipinski definition) is 14. The SMILES string of the molecule is CC/C=C\C/C=C\C/C=C\C/C=C\C/C=C\C/C=C\CCCCCCCOCC(COC1OC(COC2OC(CO)C(O)C(O)C2O)C(O)C(O)C1O)OC(=O)CCCCCCCCC/C=C\CCCCCCCC. The van der Waals surface area contributed by atoms with Gasteiger partial charge in [-0.1, -0.05) is 182 Å². The Morgan fingerprint density at radius 2 is 0.867 bits per heavy atom. The third kappa shape index (κ3) is 33.9. The van der Waals surface area contributed by atoms with Crippen molar-refractivity contribution in [2.45, 2.75) is 261 Å². The molecule has 2 aliphatic rings. The molecule has 0 aromatic carbocycles. The number of unbranched alkanes of at least 4 members (excludes halogenated alkanes) is 18. The zero-order valence-corrected chi connectivity index (χ0v) is 46.3. The predicted octanol–water partition coefficient (Wildman–Crippen LogP) is 10.4. The minimum atomic E-state index is -1.72. The normalized spacial score (nSPS) is 25.2. The molecule has 0 aromatic heterocycles. The topological polar surface area (TPSA) is 214 Å². The molecular formula is C61H104O14. The molecule has 0 bridgehead atoms. The Kier molecular flexibility index (Phi) is 43.0. The van der Waals surface area contributed by atoms with Crippen LogP contribution < -0.4 is 0 Å². The summed E-state index contributed by atoms with van der Waals surface area (Å²) in [6, 6.07) is 0. The quantitative estimate of drug-likeness (QED) is 0.0172. The monoisotopic (exact) mass is 1060 g/mol. The van der Waals surface area contributed by atoms with E-state index in [1.165, 1.54) is 64.2 Å². The van der Waals surface area contributed by atoms with Crippen molar-refractivity contribution in [3.8, 4) is 0 Å². The third-order valence-corrected chi connectivity index (χ3v) is 13.4. The van der Waals surface area contributed by atoms with E-state index in [0.717, 1.165) is 103 Å². The highest BCUT2D eigenvalue weighted by Crippen LogP contribution is 2.26. The highest BCUT2D eigenvalue weighted by atomic mass is 16.7. The number of aliphatic hydroxyl groups excluding tert-OH is 7. The largest absolute Gasteiger partial charge is 0.457 e. The standard InChI is InChI=1S/C61H104O14/c1-3-5-7-9-11-13-15-17-19-21-22-23-24-25-26-27-29-31-33-35-37-39-41-43-45-70-47-50(73-53(63)44-42-40-38-36-34-32-30-28-20-18-16-14-12-10-8-6-4-2)48-71-60-59(69)57(67)55(65)52(75-60)49-72-61-58(68)56(66)54(64)51(46-62)74-61/h5,7,11,13,17-20,22-23,25-26,29,31,50-52,54-62,64-69H,3-4,6,8-10,12,14-16,21,24,27-28,30,32-49H2,1-2H3/b7-5-,13-11-,19-17-,20-18-,23-22-,26-25-,31-29-. The Bertz CT molecular complexity index is 1560. The Labute approximate surface area is 452 Å². The van der Waals surface area contributed by atoms with Gasteiger partial charge in [-0.3, -0.25) is 4.79 Å². The van der Waals surface area contributed by atoms with Crippen LogP contribution in [0.3, 0.4) is 0 Å². The smallest absolute Gasteiger partial charge is 0.306 e. The molecule has 0 aliphatic carbocycles. The average molecular weight is 1060 g/mol. The molecule has 0 radical (unpaired) electrons. The maximum absolute atomic E-state index is 13.1. The molecule has 75 heavy (non-hydrogen) atoms. The van der Waals surface area contributed by atoms with Crippen LogP contribution >= 0.6 is 0 Å². The van der Waals surface area contributed by atoms with E-state index in [2.05, 4.69) is 98.9 Å². The number of carbonyl (C=O) groups is 1. The second-order valence-electron chi connectivity index (χ2n) is 20.1. The highest BCUT2D eigenvalue weighted by Gasteiger charge is 2.47. The van der Waals surface area contributed by atoms with Crippen LogP contribution in [0.1, 0.15) is 194 Å². The molecular weight excluding hydrogens is 957 g/mol. The summed E-state index contributed by atoms with van der Waals surface area (Å²) in [5.74, 6) is -0.391. The summed E-state index contributed by atoms with van der Waals surface area (Å²) in [6.45, 7) is 3.51. The van der Waals surface area contributed by atoms with Crippen molar-refractivity contribution in [2.24, 2.45) is 0 Å². The number of allylic oxidation sites excluding steroid dienone is 14. The summed E-state index contributed by atoms with van der Waals surface area (Å²) in [5.41, 5.74) is 0. The van der Waals surface area contributed by atoms with Gasteiger partial charge in [-0.25, -0.2) is 0 Å². The summed E-state index contributed by atoms with van der Waals surface area (Å²) in [6.07, 6.45) is 44.9. The second-order valence-corrected chi connectivity index (χ2v) is 20.1. The van der Waals surface area contributed by atoms with E-state index in [4.69, 9.17) is 28.4 Å². The van der Waals surface area contributed by atoms with Crippen molar-refractivity contribution in [2.75, 3.05) is 33.0 Å². The molecule has 2 aliphatic heterocycles. The van der Waals surface area contributed by atoms with Crippen molar-refractivity contribution < 1.29 is 69.0 Å². The van der Waals surface area contributed by atoms with Crippen LogP contribution in [0.4, 0.5) is 0 Å². The molecule has 11 unspecified atom stereocenters.